The maximum absolute atomic E-state index is 13.2. The smallest absolute Gasteiger partial charge is 0.305 e. The first-order valence-electron chi connectivity index (χ1n) is 21.3. The second kappa shape index (κ2) is 34.7. The molecule has 9 heteroatoms. The number of carbonyl (C=O) groups is 3. The van der Waals surface area contributed by atoms with Gasteiger partial charge in [0.25, 0.3) is 0 Å². The average Bonchev–Trinajstić information content (AvgIpc) is 3.64. The molecule has 3 N–H and O–H groups in total. The number of nitrogens with zero attached hydrogens (tertiary/aromatic N) is 2. The molecule has 0 aliphatic heterocycles. The third-order valence-electron chi connectivity index (χ3n) is 9.84. The largest absolute Gasteiger partial charge is 0.464 e. The maximum atomic E-state index is 13.2. The quantitative estimate of drug-likeness (QED) is 0.0518. The van der Waals surface area contributed by atoms with Crippen molar-refractivity contribution in [3.8, 4) is 0 Å². The summed E-state index contributed by atoms with van der Waals surface area (Å²) in [5.74, 6) is -0.752. The average molecular weight is 719 g/mol. The summed E-state index contributed by atoms with van der Waals surface area (Å²) in [5, 5.41) is 0. The predicted molar refractivity (Wildman–Crippen MR) is 209 cm³/mol. The monoisotopic (exact) mass is 719 g/mol. The minimum Gasteiger partial charge on any atom is -0.464 e. The second-order valence-electron chi connectivity index (χ2n) is 14.6. The molecule has 1 unspecified atom stereocenters. The third kappa shape index (κ3) is 28.8. The van der Waals surface area contributed by atoms with Crippen molar-refractivity contribution in [1.82, 2.24) is 14.9 Å². The van der Waals surface area contributed by atoms with Crippen molar-refractivity contribution in [1.29, 1.82) is 0 Å². The first-order valence-corrected chi connectivity index (χ1v) is 21.3. The molecule has 1 heterocycles. The Morgan fingerprint density at radius 3 is 1.29 bits per heavy atom. The number of H-pyrrole nitrogens is 1. The zero-order valence-corrected chi connectivity index (χ0v) is 33.1. The van der Waals surface area contributed by atoms with E-state index in [4.69, 9.17) is 15.2 Å². The predicted octanol–water partition coefficient (Wildman–Crippen LogP) is 10.2. The van der Waals surface area contributed by atoms with E-state index < -0.39 is 6.04 Å². The van der Waals surface area contributed by atoms with Gasteiger partial charge in [-0.1, -0.05) is 168 Å². The van der Waals surface area contributed by atoms with Crippen LogP contribution in [0.3, 0.4) is 0 Å². The first-order chi connectivity index (χ1) is 25.0. The number of rotatable bonds is 37. The zero-order valence-electron chi connectivity index (χ0n) is 33.1. The molecule has 0 saturated heterocycles. The van der Waals surface area contributed by atoms with Crippen LogP contribution in [0.25, 0.3) is 0 Å². The number of amides is 1. The zero-order chi connectivity index (χ0) is 37.0. The fraction of sp³-hybridized carbons (Fsp3) is 0.857. The van der Waals surface area contributed by atoms with E-state index in [9.17, 15) is 14.4 Å². The number of aromatic amines is 1. The van der Waals surface area contributed by atoms with E-state index in [2.05, 4.69) is 23.8 Å². The first kappa shape index (κ1) is 46.6. The van der Waals surface area contributed by atoms with Crippen LogP contribution in [0.2, 0.25) is 0 Å². The lowest BCUT2D eigenvalue weighted by Gasteiger charge is -2.25. The van der Waals surface area contributed by atoms with Gasteiger partial charge < -0.3 is 25.1 Å². The van der Waals surface area contributed by atoms with Crippen LogP contribution in [-0.4, -0.2) is 65.1 Å². The third-order valence-corrected chi connectivity index (χ3v) is 9.84. The minimum absolute atomic E-state index is 0.0900. The fourth-order valence-corrected chi connectivity index (χ4v) is 6.55. The lowest BCUT2D eigenvalue weighted by Crippen LogP contribution is -2.47. The van der Waals surface area contributed by atoms with E-state index >= 15 is 0 Å². The number of hydrogen-bond acceptors (Lipinski definition) is 7. The maximum Gasteiger partial charge on any atom is 0.305 e. The highest BCUT2D eigenvalue weighted by atomic mass is 16.5. The fourth-order valence-electron chi connectivity index (χ4n) is 6.55. The van der Waals surface area contributed by atoms with Gasteiger partial charge >= 0.3 is 11.9 Å². The minimum atomic E-state index is -0.784. The molecule has 0 aliphatic rings. The van der Waals surface area contributed by atoms with E-state index in [-0.39, 0.29) is 44.1 Å². The Morgan fingerprint density at radius 2 is 0.961 bits per heavy atom. The highest BCUT2D eigenvalue weighted by Gasteiger charge is 2.22. The summed E-state index contributed by atoms with van der Waals surface area (Å²) in [6.45, 7) is 5.11. The van der Waals surface area contributed by atoms with Gasteiger partial charge in [0.05, 0.1) is 25.5 Å². The van der Waals surface area contributed by atoms with Crippen molar-refractivity contribution >= 4 is 17.8 Å². The number of esters is 2. The molecule has 9 nitrogen and oxygen atoms in total. The number of aromatic nitrogens is 2. The van der Waals surface area contributed by atoms with Crippen LogP contribution in [-0.2, 0) is 30.3 Å². The molecule has 296 valence electrons. The summed E-state index contributed by atoms with van der Waals surface area (Å²) >= 11 is 0. The van der Waals surface area contributed by atoms with Crippen LogP contribution in [0.4, 0.5) is 0 Å². The van der Waals surface area contributed by atoms with Gasteiger partial charge in [0.1, 0.15) is 13.2 Å². The molecule has 0 bridgehead atoms. The van der Waals surface area contributed by atoms with Crippen LogP contribution >= 0.6 is 0 Å². The van der Waals surface area contributed by atoms with Gasteiger partial charge in [0.15, 0.2) is 0 Å². The Kier molecular flexibility index (Phi) is 31.7. The van der Waals surface area contributed by atoms with Gasteiger partial charge in [-0.25, -0.2) is 4.98 Å². The molecule has 0 radical (unpaired) electrons. The summed E-state index contributed by atoms with van der Waals surface area (Å²) in [4.78, 5) is 46.5. The molecule has 1 atom stereocenters. The van der Waals surface area contributed by atoms with E-state index in [1.165, 1.54) is 133 Å². The van der Waals surface area contributed by atoms with Crippen LogP contribution < -0.4 is 5.73 Å². The highest BCUT2D eigenvalue weighted by Crippen LogP contribution is 2.15. The summed E-state index contributed by atoms with van der Waals surface area (Å²) in [5.41, 5.74) is 7.01. The Morgan fingerprint density at radius 1 is 0.608 bits per heavy atom. The molecule has 0 fully saturated rings. The highest BCUT2D eigenvalue weighted by molar-refractivity contribution is 5.82. The van der Waals surface area contributed by atoms with E-state index in [1.807, 2.05) is 0 Å². The molecule has 0 saturated carbocycles. The van der Waals surface area contributed by atoms with Crippen LogP contribution in [0.5, 0.6) is 0 Å². The summed E-state index contributed by atoms with van der Waals surface area (Å²) in [6.07, 6.45) is 37.0. The number of nitrogens with one attached hydrogen (secondary N) is 1. The van der Waals surface area contributed by atoms with Crippen molar-refractivity contribution < 1.29 is 23.9 Å². The molecule has 1 rings (SSSR count). The molecule has 1 aromatic heterocycles. The summed E-state index contributed by atoms with van der Waals surface area (Å²) in [6, 6.07) is -0.784. The van der Waals surface area contributed by atoms with Crippen molar-refractivity contribution in [2.75, 3.05) is 26.3 Å². The van der Waals surface area contributed by atoms with Crippen molar-refractivity contribution in [2.24, 2.45) is 5.73 Å². The van der Waals surface area contributed by atoms with Crippen molar-refractivity contribution in [2.45, 2.75) is 206 Å². The summed E-state index contributed by atoms with van der Waals surface area (Å²) < 4.78 is 11.0. The number of carbonyl (C=O) groups excluding carboxylic acids is 3. The topological polar surface area (TPSA) is 128 Å². The van der Waals surface area contributed by atoms with Crippen LogP contribution in [0.1, 0.15) is 199 Å². The van der Waals surface area contributed by atoms with Gasteiger partial charge in [-0.3, -0.25) is 14.4 Å². The summed E-state index contributed by atoms with van der Waals surface area (Å²) in [7, 11) is 0. The number of imidazole rings is 1. The Bertz CT molecular complexity index is 894. The van der Waals surface area contributed by atoms with Crippen LogP contribution in [0.15, 0.2) is 12.5 Å². The van der Waals surface area contributed by atoms with Gasteiger partial charge in [-0.15, -0.1) is 0 Å². The van der Waals surface area contributed by atoms with Gasteiger partial charge in [0, 0.05) is 31.2 Å². The molecule has 51 heavy (non-hydrogen) atoms. The number of nitrogens with two attached hydrogens (primary N) is 1. The molecule has 0 spiro atoms. The molecular formula is C42H78N4O5. The Hall–Kier alpha value is -2.42. The van der Waals surface area contributed by atoms with Crippen LogP contribution in [0, 0.1) is 0 Å². The molecule has 0 aliphatic carbocycles. The standard InChI is InChI=1S/C42H78N4O5/c1-3-5-7-9-11-13-15-17-19-21-23-25-27-29-40(47)50-33-31-46(42(49)39(43)35-38-36-44-37-45-38)32-34-51-41(48)30-28-26-24-22-20-18-16-14-12-10-8-6-4-2/h36-37,39H,3-35,43H2,1-2H3,(H,44,45). The van der Waals surface area contributed by atoms with Gasteiger partial charge in [-0.2, -0.15) is 0 Å². The number of unbranched alkanes of at least 4 members (excludes halogenated alkanes) is 24. The van der Waals surface area contributed by atoms with E-state index in [0.29, 0.717) is 19.3 Å². The SMILES string of the molecule is CCCCCCCCCCCCCCCC(=O)OCCN(CCOC(=O)CCCCCCCCCCCCCCC)C(=O)C(N)Cc1cnc[nH]1. The van der Waals surface area contributed by atoms with E-state index in [0.717, 1.165) is 44.2 Å². The molecular weight excluding hydrogens is 640 g/mol. The van der Waals surface area contributed by atoms with Gasteiger partial charge in [0.2, 0.25) is 5.91 Å². The normalized spacial score (nSPS) is 11.8. The molecule has 1 amide bonds. The Labute approximate surface area is 312 Å². The number of hydrogen-bond donors (Lipinski definition) is 2. The lowest BCUT2D eigenvalue weighted by molar-refractivity contribution is -0.148. The van der Waals surface area contributed by atoms with Crippen molar-refractivity contribution in [3.05, 3.63) is 18.2 Å². The van der Waals surface area contributed by atoms with Crippen molar-refractivity contribution in [3.63, 3.8) is 0 Å². The van der Waals surface area contributed by atoms with Gasteiger partial charge in [-0.05, 0) is 12.8 Å². The lowest BCUT2D eigenvalue weighted by atomic mass is 10.0. The Balaban J connectivity index is 2.22. The van der Waals surface area contributed by atoms with E-state index in [1.54, 1.807) is 12.5 Å². The second-order valence-corrected chi connectivity index (χ2v) is 14.6. The molecule has 1 aromatic rings. The molecule has 0 aromatic carbocycles. The number of ether oxygens (including phenoxy) is 2.